The summed E-state index contributed by atoms with van der Waals surface area (Å²) in [5.41, 5.74) is 0.388. The Morgan fingerprint density at radius 2 is 2.22 bits per heavy atom. The van der Waals surface area contributed by atoms with Crippen molar-refractivity contribution in [2.24, 2.45) is 0 Å². The molecule has 18 heavy (non-hydrogen) atoms. The summed E-state index contributed by atoms with van der Waals surface area (Å²) in [6.07, 6.45) is 1.15. The van der Waals surface area contributed by atoms with Crippen LogP contribution in [0.25, 0.3) is 0 Å². The number of rotatable bonds is 5. The molecule has 0 aromatic carbocycles. The van der Waals surface area contributed by atoms with Gasteiger partial charge < -0.3 is 10.0 Å². The lowest BCUT2D eigenvalue weighted by Crippen LogP contribution is -2.36. The Morgan fingerprint density at radius 1 is 1.61 bits per heavy atom. The lowest BCUT2D eigenvalue weighted by atomic mass is 10.2. The second kappa shape index (κ2) is 5.44. The molecule has 0 radical (unpaired) electrons. The number of nitrogens with zero attached hydrogens (tertiary/aromatic N) is 3. The number of carboxylic acid groups (broad SMARTS) is 1. The summed E-state index contributed by atoms with van der Waals surface area (Å²) < 4.78 is 0. The van der Waals surface area contributed by atoms with E-state index in [0.717, 1.165) is 6.20 Å². The van der Waals surface area contributed by atoms with Crippen LogP contribution in [0, 0.1) is 17.0 Å². The second-order valence-electron chi connectivity index (χ2n) is 4.20. The van der Waals surface area contributed by atoms with Crippen molar-refractivity contribution in [1.29, 1.82) is 0 Å². The minimum absolute atomic E-state index is 0.0607. The molecule has 0 saturated heterocycles. The average molecular weight is 253 g/mol. The SMILES string of the molecule is Cc1cc(N(CC(=O)O)C(C)C)ncc1[N+](=O)[O-]. The summed E-state index contributed by atoms with van der Waals surface area (Å²) in [5.74, 6) is -0.544. The molecule has 0 spiro atoms. The van der Waals surface area contributed by atoms with Crippen LogP contribution < -0.4 is 4.90 Å². The van der Waals surface area contributed by atoms with Gasteiger partial charge in [-0.3, -0.25) is 14.9 Å². The Bertz CT molecular complexity index is 473. The van der Waals surface area contributed by atoms with E-state index < -0.39 is 10.9 Å². The van der Waals surface area contributed by atoms with Crippen LogP contribution in [-0.4, -0.2) is 33.6 Å². The highest BCUT2D eigenvalue weighted by molar-refractivity contribution is 5.73. The molecule has 0 aliphatic rings. The molecule has 1 rings (SSSR count). The van der Waals surface area contributed by atoms with Crippen molar-refractivity contribution < 1.29 is 14.8 Å². The van der Waals surface area contributed by atoms with Gasteiger partial charge in [-0.25, -0.2) is 4.98 Å². The van der Waals surface area contributed by atoms with Gasteiger partial charge in [0, 0.05) is 11.6 Å². The summed E-state index contributed by atoms with van der Waals surface area (Å²) in [6, 6.07) is 1.47. The van der Waals surface area contributed by atoms with Crippen LogP contribution in [0.2, 0.25) is 0 Å². The molecule has 7 heteroatoms. The predicted octanol–water partition coefficient (Wildman–Crippen LogP) is 1.60. The fraction of sp³-hybridized carbons (Fsp3) is 0.455. The molecule has 1 aromatic rings. The molecule has 1 aromatic heterocycles. The Balaban J connectivity index is 3.10. The smallest absolute Gasteiger partial charge is 0.323 e. The average Bonchev–Trinajstić information content (AvgIpc) is 2.24. The number of hydrogen-bond acceptors (Lipinski definition) is 5. The monoisotopic (exact) mass is 253 g/mol. The largest absolute Gasteiger partial charge is 0.480 e. The molecule has 0 aliphatic heterocycles. The van der Waals surface area contributed by atoms with E-state index in [-0.39, 0.29) is 18.3 Å². The minimum atomic E-state index is -0.971. The number of aromatic nitrogens is 1. The number of carboxylic acids is 1. The number of aliphatic carboxylic acids is 1. The van der Waals surface area contributed by atoms with Crippen molar-refractivity contribution in [2.75, 3.05) is 11.4 Å². The second-order valence-corrected chi connectivity index (χ2v) is 4.20. The molecule has 0 atom stereocenters. The number of pyridine rings is 1. The van der Waals surface area contributed by atoms with E-state index in [9.17, 15) is 14.9 Å². The quantitative estimate of drug-likeness (QED) is 0.632. The maximum Gasteiger partial charge on any atom is 0.323 e. The van der Waals surface area contributed by atoms with E-state index in [1.165, 1.54) is 6.07 Å². The van der Waals surface area contributed by atoms with Gasteiger partial charge in [-0.2, -0.15) is 0 Å². The summed E-state index contributed by atoms with van der Waals surface area (Å²) >= 11 is 0. The third-order valence-electron chi connectivity index (χ3n) is 2.49. The zero-order valence-corrected chi connectivity index (χ0v) is 10.5. The highest BCUT2D eigenvalue weighted by atomic mass is 16.6. The van der Waals surface area contributed by atoms with E-state index in [1.807, 2.05) is 13.8 Å². The summed E-state index contributed by atoms with van der Waals surface area (Å²) in [7, 11) is 0. The van der Waals surface area contributed by atoms with Crippen LogP contribution in [0.5, 0.6) is 0 Å². The highest BCUT2D eigenvalue weighted by Gasteiger charge is 2.18. The predicted molar refractivity (Wildman–Crippen MR) is 65.7 cm³/mol. The first-order valence-electron chi connectivity index (χ1n) is 5.42. The van der Waals surface area contributed by atoms with Gasteiger partial charge in [0.1, 0.15) is 18.6 Å². The van der Waals surface area contributed by atoms with Crippen LogP contribution in [0.4, 0.5) is 11.5 Å². The van der Waals surface area contributed by atoms with Gasteiger partial charge >= 0.3 is 5.97 Å². The van der Waals surface area contributed by atoms with E-state index in [4.69, 9.17) is 5.11 Å². The molecule has 1 N–H and O–H groups in total. The van der Waals surface area contributed by atoms with E-state index >= 15 is 0 Å². The third-order valence-corrected chi connectivity index (χ3v) is 2.49. The van der Waals surface area contributed by atoms with Crippen molar-refractivity contribution in [3.63, 3.8) is 0 Å². The zero-order valence-electron chi connectivity index (χ0n) is 10.5. The van der Waals surface area contributed by atoms with Crippen LogP contribution in [0.15, 0.2) is 12.3 Å². The summed E-state index contributed by atoms with van der Waals surface area (Å²) in [4.78, 5) is 26.5. The first kappa shape index (κ1) is 13.9. The van der Waals surface area contributed by atoms with Gasteiger partial charge in [-0.15, -0.1) is 0 Å². The molecule has 1 heterocycles. The molecule has 0 saturated carbocycles. The van der Waals surface area contributed by atoms with Gasteiger partial charge in [-0.1, -0.05) is 0 Å². The number of anilines is 1. The molecule has 0 amide bonds. The number of carbonyl (C=O) groups is 1. The van der Waals surface area contributed by atoms with Crippen molar-refractivity contribution in [3.8, 4) is 0 Å². The Hall–Kier alpha value is -2.18. The van der Waals surface area contributed by atoms with Crippen molar-refractivity contribution in [2.45, 2.75) is 26.8 Å². The molecule has 98 valence electrons. The van der Waals surface area contributed by atoms with Gasteiger partial charge in [-0.05, 0) is 26.8 Å². The molecular formula is C11H15N3O4. The Morgan fingerprint density at radius 3 is 2.61 bits per heavy atom. The fourth-order valence-electron chi connectivity index (χ4n) is 1.56. The van der Waals surface area contributed by atoms with Gasteiger partial charge in [0.05, 0.1) is 4.92 Å². The zero-order chi connectivity index (χ0) is 13.9. The maximum absolute atomic E-state index is 10.8. The molecule has 0 unspecified atom stereocenters. The number of hydrogen-bond donors (Lipinski definition) is 1. The minimum Gasteiger partial charge on any atom is -0.480 e. The Kier molecular flexibility index (Phi) is 4.19. The van der Waals surface area contributed by atoms with Crippen LogP contribution in [0.1, 0.15) is 19.4 Å². The highest BCUT2D eigenvalue weighted by Crippen LogP contribution is 2.22. The fourth-order valence-corrected chi connectivity index (χ4v) is 1.56. The molecule has 0 bridgehead atoms. The van der Waals surface area contributed by atoms with Crippen LogP contribution in [-0.2, 0) is 4.79 Å². The third kappa shape index (κ3) is 3.16. The number of aryl methyl sites for hydroxylation is 1. The topological polar surface area (TPSA) is 96.6 Å². The number of nitro groups is 1. The first-order chi connectivity index (χ1) is 8.32. The lowest BCUT2D eigenvalue weighted by molar-refractivity contribution is -0.385. The molecule has 0 fully saturated rings. The summed E-state index contributed by atoms with van der Waals surface area (Å²) in [5, 5.41) is 19.5. The van der Waals surface area contributed by atoms with Crippen LogP contribution >= 0.6 is 0 Å². The molecular weight excluding hydrogens is 238 g/mol. The van der Waals surface area contributed by atoms with Crippen molar-refractivity contribution >= 4 is 17.5 Å². The lowest BCUT2D eigenvalue weighted by Gasteiger charge is -2.26. The maximum atomic E-state index is 10.8. The molecule has 7 nitrogen and oxygen atoms in total. The molecule has 0 aliphatic carbocycles. The van der Waals surface area contributed by atoms with Crippen molar-refractivity contribution in [3.05, 3.63) is 27.9 Å². The van der Waals surface area contributed by atoms with Crippen molar-refractivity contribution in [1.82, 2.24) is 4.98 Å². The Labute approximate surface area is 104 Å². The van der Waals surface area contributed by atoms with E-state index in [0.29, 0.717) is 11.4 Å². The first-order valence-corrected chi connectivity index (χ1v) is 5.42. The standard InChI is InChI=1S/C11H15N3O4/c1-7(2)13(6-11(15)16)10-4-8(3)9(5-12-10)14(17)18/h4-5,7H,6H2,1-3H3,(H,15,16). The van der Waals surface area contributed by atoms with Gasteiger partial charge in [0.25, 0.3) is 5.69 Å². The summed E-state index contributed by atoms with van der Waals surface area (Å²) in [6.45, 7) is 5.08. The van der Waals surface area contributed by atoms with E-state index in [2.05, 4.69) is 4.98 Å². The van der Waals surface area contributed by atoms with Gasteiger partial charge in [0.15, 0.2) is 0 Å². The normalized spacial score (nSPS) is 10.4. The van der Waals surface area contributed by atoms with Gasteiger partial charge in [0.2, 0.25) is 0 Å². The van der Waals surface area contributed by atoms with E-state index in [1.54, 1.807) is 11.8 Å². The van der Waals surface area contributed by atoms with Crippen LogP contribution in [0.3, 0.4) is 0 Å².